The van der Waals surface area contributed by atoms with Gasteiger partial charge in [-0.1, -0.05) is 0 Å². The summed E-state index contributed by atoms with van der Waals surface area (Å²) in [6.07, 6.45) is 1.44. The standard InChI is InChI=1S/C9H14N4O2/c1-12(2)11-8(14)6-13-5-7(10)3-4-9(13)15/h3-5H,6,10H2,1-2H3,(H,11,14). The smallest absolute Gasteiger partial charge is 0.254 e. The second-order valence-electron chi connectivity index (χ2n) is 3.36. The van der Waals surface area contributed by atoms with Crippen LogP contribution in [0.25, 0.3) is 0 Å². The van der Waals surface area contributed by atoms with E-state index in [0.29, 0.717) is 5.69 Å². The van der Waals surface area contributed by atoms with Crippen molar-refractivity contribution < 1.29 is 4.79 Å². The van der Waals surface area contributed by atoms with E-state index in [1.807, 2.05) is 0 Å². The Labute approximate surface area is 87.3 Å². The predicted molar refractivity (Wildman–Crippen MR) is 56.9 cm³/mol. The minimum absolute atomic E-state index is 0.0396. The number of carbonyl (C=O) groups excluding carboxylic acids is 1. The van der Waals surface area contributed by atoms with Crippen molar-refractivity contribution in [3.63, 3.8) is 0 Å². The Kier molecular flexibility index (Phi) is 3.46. The number of nitrogens with zero attached hydrogens (tertiary/aromatic N) is 2. The van der Waals surface area contributed by atoms with Crippen LogP contribution in [0.1, 0.15) is 0 Å². The summed E-state index contributed by atoms with van der Waals surface area (Å²) >= 11 is 0. The average molecular weight is 210 g/mol. The zero-order valence-electron chi connectivity index (χ0n) is 8.73. The molecule has 15 heavy (non-hydrogen) atoms. The maximum Gasteiger partial charge on any atom is 0.254 e. The summed E-state index contributed by atoms with van der Waals surface area (Å²) in [6.45, 7) is -0.0396. The van der Waals surface area contributed by atoms with E-state index >= 15 is 0 Å². The molecule has 0 saturated heterocycles. The molecule has 82 valence electrons. The van der Waals surface area contributed by atoms with Crippen molar-refractivity contribution in [3.8, 4) is 0 Å². The number of nitrogens with two attached hydrogens (primary N) is 1. The van der Waals surface area contributed by atoms with E-state index in [1.165, 1.54) is 27.9 Å². The number of carbonyl (C=O) groups is 1. The highest BCUT2D eigenvalue weighted by molar-refractivity contribution is 5.75. The first-order chi connectivity index (χ1) is 6.99. The van der Waals surface area contributed by atoms with Gasteiger partial charge < -0.3 is 10.3 Å². The number of aromatic nitrogens is 1. The molecule has 0 radical (unpaired) electrons. The molecule has 0 aromatic carbocycles. The molecule has 0 aliphatic carbocycles. The molecule has 0 atom stereocenters. The van der Waals surface area contributed by atoms with E-state index in [9.17, 15) is 9.59 Å². The van der Waals surface area contributed by atoms with Crippen molar-refractivity contribution in [2.45, 2.75) is 6.54 Å². The molecule has 6 nitrogen and oxygen atoms in total. The number of amides is 1. The van der Waals surface area contributed by atoms with Crippen LogP contribution in [-0.4, -0.2) is 29.6 Å². The van der Waals surface area contributed by atoms with Gasteiger partial charge in [-0.2, -0.15) is 0 Å². The fourth-order valence-electron chi connectivity index (χ4n) is 1.11. The first-order valence-electron chi connectivity index (χ1n) is 4.42. The normalized spacial score (nSPS) is 10.3. The van der Waals surface area contributed by atoms with Gasteiger partial charge in [0.05, 0.1) is 0 Å². The molecular formula is C9H14N4O2. The van der Waals surface area contributed by atoms with E-state index in [2.05, 4.69) is 5.43 Å². The van der Waals surface area contributed by atoms with Gasteiger partial charge in [0.1, 0.15) is 6.54 Å². The molecule has 0 aliphatic heterocycles. The van der Waals surface area contributed by atoms with E-state index in [4.69, 9.17) is 5.73 Å². The molecule has 1 aromatic rings. The monoisotopic (exact) mass is 210 g/mol. The van der Waals surface area contributed by atoms with Crippen LogP contribution < -0.4 is 16.7 Å². The molecule has 1 aromatic heterocycles. The Morgan fingerprint density at radius 1 is 1.53 bits per heavy atom. The van der Waals surface area contributed by atoms with Gasteiger partial charge in [0.2, 0.25) is 0 Å². The molecule has 0 spiro atoms. The van der Waals surface area contributed by atoms with Crippen LogP contribution in [0.2, 0.25) is 0 Å². The summed E-state index contributed by atoms with van der Waals surface area (Å²) in [5.41, 5.74) is 8.23. The molecule has 6 heteroatoms. The van der Waals surface area contributed by atoms with E-state index in [0.717, 1.165) is 0 Å². The molecule has 3 N–H and O–H groups in total. The maximum absolute atomic E-state index is 11.3. The van der Waals surface area contributed by atoms with Gasteiger partial charge in [0, 0.05) is 32.0 Å². The van der Waals surface area contributed by atoms with Crippen molar-refractivity contribution in [1.29, 1.82) is 0 Å². The van der Waals surface area contributed by atoms with Crippen LogP contribution in [-0.2, 0) is 11.3 Å². The van der Waals surface area contributed by atoms with E-state index < -0.39 is 0 Å². The van der Waals surface area contributed by atoms with Crippen molar-refractivity contribution in [2.75, 3.05) is 19.8 Å². The highest BCUT2D eigenvalue weighted by atomic mass is 16.2. The SMILES string of the molecule is CN(C)NC(=O)Cn1cc(N)ccc1=O. The summed E-state index contributed by atoms with van der Waals surface area (Å²) in [6, 6.07) is 2.83. The van der Waals surface area contributed by atoms with Crippen LogP contribution in [0.4, 0.5) is 5.69 Å². The van der Waals surface area contributed by atoms with Crippen molar-refractivity contribution in [3.05, 3.63) is 28.7 Å². The van der Waals surface area contributed by atoms with Crippen molar-refractivity contribution in [1.82, 2.24) is 15.0 Å². The van der Waals surface area contributed by atoms with Crippen LogP contribution >= 0.6 is 0 Å². The first kappa shape index (κ1) is 11.3. The fourth-order valence-corrected chi connectivity index (χ4v) is 1.11. The summed E-state index contributed by atoms with van der Waals surface area (Å²) in [5.74, 6) is -0.271. The van der Waals surface area contributed by atoms with Crippen molar-refractivity contribution >= 4 is 11.6 Å². The molecule has 0 unspecified atom stereocenters. The minimum Gasteiger partial charge on any atom is -0.398 e. The summed E-state index contributed by atoms with van der Waals surface area (Å²) in [4.78, 5) is 22.6. The highest BCUT2D eigenvalue weighted by Crippen LogP contribution is 1.95. The van der Waals surface area contributed by atoms with Gasteiger partial charge in [-0.05, 0) is 6.07 Å². The second kappa shape index (κ2) is 4.61. The number of nitrogen functional groups attached to an aromatic ring is 1. The molecule has 1 heterocycles. The Balaban J connectivity index is 2.76. The molecular weight excluding hydrogens is 196 g/mol. The summed E-state index contributed by atoms with van der Waals surface area (Å²) in [7, 11) is 3.39. The number of hydrogen-bond acceptors (Lipinski definition) is 4. The summed E-state index contributed by atoms with van der Waals surface area (Å²) in [5, 5.41) is 1.51. The lowest BCUT2D eigenvalue weighted by atomic mass is 10.4. The summed E-state index contributed by atoms with van der Waals surface area (Å²) < 4.78 is 1.26. The number of rotatable bonds is 3. The Morgan fingerprint density at radius 3 is 2.80 bits per heavy atom. The van der Waals surface area contributed by atoms with Crippen LogP contribution in [0.15, 0.2) is 23.1 Å². The Morgan fingerprint density at radius 2 is 2.20 bits per heavy atom. The van der Waals surface area contributed by atoms with Crippen LogP contribution in [0.3, 0.4) is 0 Å². The zero-order valence-corrected chi connectivity index (χ0v) is 8.73. The first-order valence-corrected chi connectivity index (χ1v) is 4.42. The van der Waals surface area contributed by atoms with Crippen LogP contribution in [0, 0.1) is 0 Å². The number of anilines is 1. The van der Waals surface area contributed by atoms with E-state index in [-0.39, 0.29) is 18.0 Å². The number of hydrogen-bond donors (Lipinski definition) is 2. The predicted octanol–water partition coefficient (Wildman–Crippen LogP) is -0.977. The fraction of sp³-hybridized carbons (Fsp3) is 0.333. The molecule has 0 bridgehead atoms. The third-order valence-electron chi connectivity index (χ3n) is 1.67. The number of hydrazine groups is 1. The van der Waals surface area contributed by atoms with Crippen LogP contribution in [0.5, 0.6) is 0 Å². The van der Waals surface area contributed by atoms with Gasteiger partial charge in [-0.15, -0.1) is 0 Å². The number of nitrogens with one attached hydrogen (secondary N) is 1. The van der Waals surface area contributed by atoms with Gasteiger partial charge in [0.15, 0.2) is 0 Å². The molecule has 0 aliphatic rings. The van der Waals surface area contributed by atoms with Gasteiger partial charge >= 0.3 is 0 Å². The highest BCUT2D eigenvalue weighted by Gasteiger charge is 2.04. The topological polar surface area (TPSA) is 80.4 Å². The number of pyridine rings is 1. The average Bonchev–Trinajstić information content (AvgIpc) is 2.10. The van der Waals surface area contributed by atoms with Gasteiger partial charge in [0.25, 0.3) is 11.5 Å². The molecule has 1 rings (SSSR count). The van der Waals surface area contributed by atoms with Gasteiger partial charge in [-0.25, -0.2) is 5.01 Å². The van der Waals surface area contributed by atoms with Gasteiger partial charge in [-0.3, -0.25) is 15.0 Å². The lowest BCUT2D eigenvalue weighted by Gasteiger charge is -2.12. The third kappa shape index (κ3) is 3.43. The van der Waals surface area contributed by atoms with E-state index in [1.54, 1.807) is 14.1 Å². The molecule has 0 saturated carbocycles. The maximum atomic E-state index is 11.3. The largest absolute Gasteiger partial charge is 0.398 e. The quantitative estimate of drug-likeness (QED) is 0.629. The second-order valence-corrected chi connectivity index (χ2v) is 3.36. The lowest BCUT2D eigenvalue weighted by Crippen LogP contribution is -2.39. The zero-order chi connectivity index (χ0) is 11.4. The minimum atomic E-state index is -0.271. The third-order valence-corrected chi connectivity index (χ3v) is 1.67. The molecule has 0 fully saturated rings. The molecule has 1 amide bonds. The van der Waals surface area contributed by atoms with Crippen molar-refractivity contribution in [2.24, 2.45) is 0 Å². The Hall–Kier alpha value is -1.82. The Bertz CT molecular complexity index is 411. The lowest BCUT2D eigenvalue weighted by molar-refractivity contribution is -0.125.